The number of hydrogen-bond donors (Lipinski definition) is 1. The molecule has 0 unspecified atom stereocenters. The summed E-state index contributed by atoms with van der Waals surface area (Å²) in [6.45, 7) is 0.511. The van der Waals surface area contributed by atoms with E-state index in [2.05, 4.69) is 14.9 Å². The highest BCUT2D eigenvalue weighted by atomic mass is 32.1. The van der Waals surface area contributed by atoms with E-state index in [1.54, 1.807) is 10.3 Å². The standard InChI is InChI=1S/C22H22N4O2S/c27-21(23-14-13-16-7-3-1-4-8-16)20(17-9-5-2-6-10-17)26(18-11-12-18)22(28)19-15-29-25-24-19/h1-10,15,18,20H,11-14H2,(H,23,27)/t20-/m1/s1. The van der Waals surface area contributed by atoms with Crippen molar-refractivity contribution >= 4 is 23.3 Å². The first-order chi connectivity index (χ1) is 14.2. The maximum atomic E-state index is 13.2. The zero-order valence-corrected chi connectivity index (χ0v) is 16.7. The van der Waals surface area contributed by atoms with E-state index < -0.39 is 6.04 Å². The lowest BCUT2D eigenvalue weighted by atomic mass is 10.0. The first kappa shape index (κ1) is 19.3. The predicted octanol–water partition coefficient (Wildman–Crippen LogP) is 3.24. The first-order valence-electron chi connectivity index (χ1n) is 9.70. The van der Waals surface area contributed by atoms with E-state index in [-0.39, 0.29) is 17.9 Å². The van der Waals surface area contributed by atoms with Crippen LogP contribution in [0.15, 0.2) is 66.0 Å². The molecule has 1 heterocycles. The summed E-state index contributed by atoms with van der Waals surface area (Å²) in [4.78, 5) is 28.1. The normalized spacial score (nSPS) is 14.2. The Hall–Kier alpha value is -3.06. The number of carbonyl (C=O) groups is 2. The number of carbonyl (C=O) groups excluding carboxylic acids is 2. The van der Waals surface area contributed by atoms with Gasteiger partial charge in [-0.05, 0) is 41.9 Å². The lowest BCUT2D eigenvalue weighted by Gasteiger charge is -2.31. The van der Waals surface area contributed by atoms with Gasteiger partial charge in [0.25, 0.3) is 5.91 Å². The van der Waals surface area contributed by atoms with Crippen LogP contribution < -0.4 is 5.32 Å². The Morgan fingerprint density at radius 2 is 1.76 bits per heavy atom. The summed E-state index contributed by atoms with van der Waals surface area (Å²) in [5.74, 6) is -0.413. The minimum atomic E-state index is -0.686. The van der Waals surface area contributed by atoms with Gasteiger partial charge in [0.1, 0.15) is 6.04 Å². The molecule has 0 radical (unpaired) electrons. The van der Waals surface area contributed by atoms with E-state index >= 15 is 0 Å². The molecule has 1 atom stereocenters. The third-order valence-corrected chi connectivity index (χ3v) is 5.46. The summed E-state index contributed by atoms with van der Waals surface area (Å²) < 4.78 is 3.81. The van der Waals surface area contributed by atoms with Crippen LogP contribution in [-0.2, 0) is 11.2 Å². The largest absolute Gasteiger partial charge is 0.354 e. The molecule has 29 heavy (non-hydrogen) atoms. The molecule has 0 aliphatic heterocycles. The third kappa shape index (κ3) is 4.68. The van der Waals surface area contributed by atoms with E-state index in [0.29, 0.717) is 12.2 Å². The summed E-state index contributed by atoms with van der Waals surface area (Å²) in [7, 11) is 0. The van der Waals surface area contributed by atoms with Gasteiger partial charge in [0.05, 0.1) is 0 Å². The van der Waals surface area contributed by atoms with Crippen molar-refractivity contribution in [3.63, 3.8) is 0 Å². The highest BCUT2D eigenvalue weighted by Gasteiger charge is 2.42. The van der Waals surface area contributed by atoms with Gasteiger partial charge >= 0.3 is 0 Å². The molecule has 1 aliphatic rings. The molecule has 0 spiro atoms. The fourth-order valence-electron chi connectivity index (χ4n) is 3.38. The highest BCUT2D eigenvalue weighted by Crippen LogP contribution is 2.36. The van der Waals surface area contributed by atoms with Gasteiger partial charge in [-0.25, -0.2) is 0 Å². The van der Waals surface area contributed by atoms with Crippen LogP contribution in [0.4, 0.5) is 0 Å². The van der Waals surface area contributed by atoms with Crippen LogP contribution in [0, 0.1) is 0 Å². The zero-order valence-electron chi connectivity index (χ0n) is 15.9. The van der Waals surface area contributed by atoms with Crippen molar-refractivity contribution in [3.05, 3.63) is 82.9 Å². The zero-order chi connectivity index (χ0) is 20.1. The molecule has 1 saturated carbocycles. The van der Waals surface area contributed by atoms with Crippen LogP contribution >= 0.6 is 11.5 Å². The van der Waals surface area contributed by atoms with Gasteiger partial charge in [0, 0.05) is 18.0 Å². The number of aromatic nitrogens is 2. The van der Waals surface area contributed by atoms with Gasteiger partial charge in [0.15, 0.2) is 5.69 Å². The van der Waals surface area contributed by atoms with Crippen LogP contribution in [0.2, 0.25) is 0 Å². The first-order valence-corrected chi connectivity index (χ1v) is 10.5. The van der Waals surface area contributed by atoms with E-state index in [4.69, 9.17) is 0 Å². The van der Waals surface area contributed by atoms with Crippen molar-refractivity contribution in [2.45, 2.75) is 31.3 Å². The quantitative estimate of drug-likeness (QED) is 0.623. The minimum Gasteiger partial charge on any atom is -0.354 e. The minimum absolute atomic E-state index is 0.0503. The van der Waals surface area contributed by atoms with Gasteiger partial charge in [-0.15, -0.1) is 5.10 Å². The Morgan fingerprint density at radius 1 is 1.07 bits per heavy atom. The Morgan fingerprint density at radius 3 is 2.38 bits per heavy atom. The van der Waals surface area contributed by atoms with Crippen LogP contribution in [-0.4, -0.2) is 38.9 Å². The lowest BCUT2D eigenvalue weighted by Crippen LogP contribution is -2.45. The van der Waals surface area contributed by atoms with E-state index in [1.165, 1.54) is 0 Å². The van der Waals surface area contributed by atoms with Crippen molar-refractivity contribution in [2.75, 3.05) is 6.54 Å². The SMILES string of the molecule is O=C(NCCc1ccccc1)[C@@H](c1ccccc1)N(C(=O)c1csnn1)C1CC1. The number of nitrogens with one attached hydrogen (secondary N) is 1. The predicted molar refractivity (Wildman–Crippen MR) is 111 cm³/mol. The smallest absolute Gasteiger partial charge is 0.276 e. The van der Waals surface area contributed by atoms with Crippen molar-refractivity contribution in [3.8, 4) is 0 Å². The molecule has 1 N–H and O–H groups in total. The molecule has 2 amide bonds. The van der Waals surface area contributed by atoms with Gasteiger partial charge in [-0.1, -0.05) is 65.2 Å². The monoisotopic (exact) mass is 406 g/mol. The summed E-state index contributed by atoms with van der Waals surface area (Å²) in [5, 5.41) is 8.59. The molecule has 1 aromatic heterocycles. The summed E-state index contributed by atoms with van der Waals surface area (Å²) >= 11 is 1.14. The number of amides is 2. The molecule has 4 rings (SSSR count). The molecule has 7 heteroatoms. The summed E-state index contributed by atoms with van der Waals surface area (Å²) in [5.41, 5.74) is 2.25. The molecular formula is C22H22N4O2S. The molecule has 1 fully saturated rings. The van der Waals surface area contributed by atoms with Gasteiger partial charge < -0.3 is 10.2 Å². The molecule has 6 nitrogen and oxygen atoms in total. The Labute approximate surface area is 173 Å². The van der Waals surface area contributed by atoms with Crippen molar-refractivity contribution in [1.82, 2.24) is 19.8 Å². The fraction of sp³-hybridized carbons (Fsp3) is 0.273. The van der Waals surface area contributed by atoms with Crippen LogP contribution in [0.5, 0.6) is 0 Å². The molecule has 3 aromatic rings. The Kier molecular flexibility index (Phi) is 5.95. The van der Waals surface area contributed by atoms with Crippen LogP contribution in [0.3, 0.4) is 0 Å². The molecule has 0 saturated heterocycles. The van der Waals surface area contributed by atoms with Crippen molar-refractivity contribution < 1.29 is 9.59 Å². The van der Waals surface area contributed by atoms with Gasteiger partial charge in [-0.3, -0.25) is 9.59 Å². The average Bonchev–Trinajstić information content (AvgIpc) is 3.44. The maximum Gasteiger partial charge on any atom is 0.276 e. The van der Waals surface area contributed by atoms with Gasteiger partial charge in [0.2, 0.25) is 5.91 Å². The summed E-state index contributed by atoms with van der Waals surface area (Å²) in [6.07, 6.45) is 2.52. The third-order valence-electron chi connectivity index (χ3n) is 4.95. The van der Waals surface area contributed by atoms with Gasteiger partial charge in [-0.2, -0.15) is 0 Å². The number of benzene rings is 2. The average molecular weight is 407 g/mol. The van der Waals surface area contributed by atoms with E-state index in [1.807, 2.05) is 60.7 Å². The number of hydrogen-bond acceptors (Lipinski definition) is 5. The Balaban J connectivity index is 1.55. The molecular weight excluding hydrogens is 384 g/mol. The molecule has 1 aliphatic carbocycles. The number of rotatable bonds is 8. The number of nitrogens with zero attached hydrogens (tertiary/aromatic N) is 3. The van der Waals surface area contributed by atoms with Crippen molar-refractivity contribution in [2.24, 2.45) is 0 Å². The lowest BCUT2D eigenvalue weighted by molar-refractivity contribution is -0.126. The fourth-order valence-corrected chi connectivity index (χ4v) is 3.81. The molecule has 148 valence electrons. The topological polar surface area (TPSA) is 75.2 Å². The second kappa shape index (κ2) is 8.96. The van der Waals surface area contributed by atoms with Crippen LogP contribution in [0.25, 0.3) is 0 Å². The molecule has 0 bridgehead atoms. The van der Waals surface area contributed by atoms with Crippen LogP contribution in [0.1, 0.15) is 40.5 Å². The Bertz CT molecular complexity index is 943. The summed E-state index contributed by atoms with van der Waals surface area (Å²) in [6, 6.07) is 18.8. The maximum absolute atomic E-state index is 13.2. The molecule has 2 aromatic carbocycles. The van der Waals surface area contributed by atoms with Crippen molar-refractivity contribution in [1.29, 1.82) is 0 Å². The highest BCUT2D eigenvalue weighted by molar-refractivity contribution is 7.03. The second-order valence-corrected chi connectivity index (χ2v) is 7.68. The van der Waals surface area contributed by atoms with E-state index in [0.717, 1.165) is 41.9 Å². The van der Waals surface area contributed by atoms with E-state index in [9.17, 15) is 9.59 Å². The second-order valence-electron chi connectivity index (χ2n) is 7.07.